The fraction of sp³-hybridized carbons (Fsp3) is 0.351. The zero-order valence-electron chi connectivity index (χ0n) is 26.4. The van der Waals surface area contributed by atoms with Gasteiger partial charge in [0.25, 0.3) is 0 Å². The Morgan fingerprint density at radius 2 is 1.57 bits per heavy atom. The lowest BCUT2D eigenvalue weighted by molar-refractivity contribution is -0.143. The lowest BCUT2D eigenvalue weighted by atomic mass is 9.69. The number of nitrogens with zero attached hydrogens (tertiary/aromatic N) is 1. The van der Waals surface area contributed by atoms with Gasteiger partial charge in [-0.05, 0) is 73.2 Å². The number of rotatable bonds is 9. The number of phenolic OH excluding ortho intramolecular Hbond substituents is 1. The predicted molar refractivity (Wildman–Crippen MR) is 168 cm³/mol. The molecule has 6 nitrogen and oxygen atoms in total. The quantitative estimate of drug-likeness (QED) is 0.139. The Morgan fingerprint density at radius 1 is 0.918 bits per heavy atom. The summed E-state index contributed by atoms with van der Waals surface area (Å²) in [4.78, 5) is 28.3. The van der Waals surface area contributed by atoms with Crippen LogP contribution in [0, 0.1) is 17.8 Å². The second kappa shape index (κ2) is 13.4. The van der Waals surface area contributed by atoms with Gasteiger partial charge in [-0.2, -0.15) is 26.3 Å². The number of allylic oxidation sites excluding steroid dienone is 1. The van der Waals surface area contributed by atoms with Gasteiger partial charge in [0, 0.05) is 11.5 Å². The molecule has 3 aliphatic rings. The highest BCUT2D eigenvalue weighted by Crippen LogP contribution is 2.51. The number of alkyl halides is 6. The molecule has 12 heteroatoms. The second-order valence-corrected chi connectivity index (χ2v) is 12.5. The summed E-state index contributed by atoms with van der Waals surface area (Å²) in [5.41, 5.74) is -0.810. The average molecular weight is 686 g/mol. The molecule has 2 heterocycles. The fourth-order valence-corrected chi connectivity index (χ4v) is 7.11. The van der Waals surface area contributed by atoms with E-state index in [1.165, 1.54) is 0 Å². The van der Waals surface area contributed by atoms with Gasteiger partial charge in [-0.25, -0.2) is 4.90 Å². The molecule has 6 rings (SSSR count). The first kappa shape index (κ1) is 34.3. The number of ether oxygens (including phenoxy) is 2. The highest BCUT2D eigenvalue weighted by Gasteiger charge is 2.57. The molecule has 0 bridgehead atoms. The molecular weight excluding hydrogens is 652 g/mol. The van der Waals surface area contributed by atoms with Crippen LogP contribution in [-0.2, 0) is 26.7 Å². The molecule has 0 spiro atoms. The summed E-state index contributed by atoms with van der Waals surface area (Å²) in [6, 6.07) is 16.6. The summed E-state index contributed by atoms with van der Waals surface area (Å²) < 4.78 is 94.5. The van der Waals surface area contributed by atoms with Crippen LogP contribution in [0.4, 0.5) is 32.0 Å². The van der Waals surface area contributed by atoms with Crippen LogP contribution in [0.2, 0.25) is 0 Å². The molecule has 0 aromatic heterocycles. The van der Waals surface area contributed by atoms with E-state index in [4.69, 9.17) is 9.47 Å². The van der Waals surface area contributed by atoms with Gasteiger partial charge in [-0.15, -0.1) is 0 Å². The summed E-state index contributed by atoms with van der Waals surface area (Å²) in [5, 5.41) is 10.3. The third kappa shape index (κ3) is 6.96. The smallest absolute Gasteiger partial charge is 0.416 e. The van der Waals surface area contributed by atoms with Crippen LogP contribution < -0.4 is 9.64 Å². The zero-order chi connectivity index (χ0) is 35.1. The lowest BCUT2D eigenvalue weighted by Gasteiger charge is -2.31. The van der Waals surface area contributed by atoms with Crippen molar-refractivity contribution in [3.05, 3.63) is 106 Å². The van der Waals surface area contributed by atoms with Crippen molar-refractivity contribution in [1.29, 1.82) is 0 Å². The number of para-hydroxylation sites is 2. The molecule has 3 aromatic carbocycles. The van der Waals surface area contributed by atoms with Crippen LogP contribution in [0.3, 0.4) is 0 Å². The molecule has 1 aliphatic carbocycles. The highest BCUT2D eigenvalue weighted by atomic mass is 19.4. The Kier molecular flexibility index (Phi) is 9.36. The Labute approximate surface area is 278 Å². The van der Waals surface area contributed by atoms with E-state index >= 15 is 0 Å². The molecule has 258 valence electrons. The monoisotopic (exact) mass is 685 g/mol. The number of amides is 2. The molecule has 4 atom stereocenters. The molecule has 49 heavy (non-hydrogen) atoms. The average Bonchev–Trinajstić information content (AvgIpc) is 3.60. The van der Waals surface area contributed by atoms with Crippen LogP contribution in [0.25, 0.3) is 6.08 Å². The first-order valence-electron chi connectivity index (χ1n) is 15.9. The number of hydrogen-bond donors (Lipinski definition) is 1. The van der Waals surface area contributed by atoms with Gasteiger partial charge in [0.2, 0.25) is 11.8 Å². The van der Waals surface area contributed by atoms with E-state index in [0.717, 1.165) is 11.1 Å². The molecule has 2 saturated heterocycles. The van der Waals surface area contributed by atoms with E-state index in [0.29, 0.717) is 53.2 Å². The van der Waals surface area contributed by atoms with Gasteiger partial charge in [0.1, 0.15) is 18.1 Å². The number of aromatic hydroxyl groups is 1. The molecule has 0 unspecified atom stereocenters. The van der Waals surface area contributed by atoms with Gasteiger partial charge in [0.05, 0.1) is 41.4 Å². The standard InChI is InChI=1S/C37H33F6NO5/c1-2-21(14-22-8-6-7-11-30(22)45)12-13-31-32-23(19-48-27-9-4-3-5-10-27)15-28-33(29(32)20-49-31)35(47)44(34(28)46)26-17-24(36(38,39)40)16-25(18-26)37(41,42)43/h3-11,14,16-18,28-29,31,33,45H,2,12-13,15,19-20H2,1H3/b21-14+/t28-,29+,31-,33-/m1/s1. The summed E-state index contributed by atoms with van der Waals surface area (Å²) in [6.07, 6.45) is -7.06. The summed E-state index contributed by atoms with van der Waals surface area (Å²) >= 11 is 0. The normalized spacial score (nSPS) is 22.8. The predicted octanol–water partition coefficient (Wildman–Crippen LogP) is 8.60. The van der Waals surface area contributed by atoms with Crippen molar-refractivity contribution >= 4 is 23.6 Å². The molecule has 1 N–H and O–H groups in total. The van der Waals surface area contributed by atoms with E-state index in [1.54, 1.807) is 42.5 Å². The van der Waals surface area contributed by atoms with Crippen molar-refractivity contribution in [1.82, 2.24) is 0 Å². The molecule has 2 amide bonds. The Balaban J connectivity index is 1.33. The molecule has 0 saturated carbocycles. The van der Waals surface area contributed by atoms with Crippen molar-refractivity contribution in [2.45, 2.75) is 51.1 Å². The number of anilines is 1. The minimum absolute atomic E-state index is 0.0315. The number of halogens is 6. The van der Waals surface area contributed by atoms with Crippen LogP contribution in [0.1, 0.15) is 49.3 Å². The third-order valence-electron chi connectivity index (χ3n) is 9.47. The van der Waals surface area contributed by atoms with Crippen molar-refractivity contribution in [3.8, 4) is 11.5 Å². The molecule has 3 aromatic rings. The van der Waals surface area contributed by atoms with Crippen molar-refractivity contribution in [3.63, 3.8) is 0 Å². The van der Waals surface area contributed by atoms with E-state index in [2.05, 4.69) is 0 Å². The number of phenols is 1. The minimum Gasteiger partial charge on any atom is -0.507 e. The van der Waals surface area contributed by atoms with Crippen LogP contribution >= 0.6 is 0 Å². The van der Waals surface area contributed by atoms with Crippen LogP contribution in [-0.4, -0.2) is 36.2 Å². The zero-order valence-corrected chi connectivity index (χ0v) is 26.4. The van der Waals surface area contributed by atoms with Gasteiger partial charge < -0.3 is 14.6 Å². The van der Waals surface area contributed by atoms with Crippen molar-refractivity contribution in [2.75, 3.05) is 18.1 Å². The highest BCUT2D eigenvalue weighted by molar-refractivity contribution is 6.22. The molecule has 2 aliphatic heterocycles. The fourth-order valence-electron chi connectivity index (χ4n) is 7.11. The van der Waals surface area contributed by atoms with Gasteiger partial charge in [-0.1, -0.05) is 55.0 Å². The first-order valence-corrected chi connectivity index (χ1v) is 15.9. The topological polar surface area (TPSA) is 76.1 Å². The van der Waals surface area contributed by atoms with E-state index < -0.39 is 64.8 Å². The largest absolute Gasteiger partial charge is 0.507 e. The number of imide groups is 1. The molecule has 0 radical (unpaired) electrons. The van der Waals surface area contributed by atoms with Gasteiger partial charge in [0.15, 0.2) is 0 Å². The maximum atomic E-state index is 14.0. The summed E-state index contributed by atoms with van der Waals surface area (Å²) in [6.45, 7) is 2.09. The van der Waals surface area contributed by atoms with Crippen molar-refractivity contribution < 1.29 is 50.5 Å². The maximum absolute atomic E-state index is 14.0. The maximum Gasteiger partial charge on any atom is 0.416 e. The number of benzene rings is 3. The third-order valence-corrected chi connectivity index (χ3v) is 9.47. The Bertz CT molecular complexity index is 1770. The Morgan fingerprint density at radius 3 is 2.20 bits per heavy atom. The van der Waals surface area contributed by atoms with E-state index in [9.17, 15) is 41.0 Å². The first-order chi connectivity index (χ1) is 23.3. The van der Waals surface area contributed by atoms with Crippen LogP contribution in [0.15, 0.2) is 89.5 Å². The van der Waals surface area contributed by atoms with Gasteiger partial charge in [-0.3, -0.25) is 9.59 Å². The van der Waals surface area contributed by atoms with Gasteiger partial charge >= 0.3 is 12.4 Å². The van der Waals surface area contributed by atoms with E-state index in [1.807, 2.05) is 25.1 Å². The summed E-state index contributed by atoms with van der Waals surface area (Å²) in [5.74, 6) is -3.69. The minimum atomic E-state index is -5.15. The Hall–Kier alpha value is -4.58. The van der Waals surface area contributed by atoms with Crippen LogP contribution in [0.5, 0.6) is 11.5 Å². The second-order valence-electron chi connectivity index (χ2n) is 12.5. The number of carbonyl (C=O) groups is 2. The molecule has 2 fully saturated rings. The number of fused-ring (bicyclic) bond motifs is 3. The summed E-state index contributed by atoms with van der Waals surface area (Å²) in [7, 11) is 0. The van der Waals surface area contributed by atoms with Crippen molar-refractivity contribution in [2.24, 2.45) is 17.8 Å². The number of hydrogen-bond acceptors (Lipinski definition) is 5. The number of carbonyl (C=O) groups excluding carboxylic acids is 2. The van der Waals surface area contributed by atoms with E-state index in [-0.39, 0.29) is 31.5 Å². The lowest BCUT2D eigenvalue weighted by Crippen LogP contribution is -2.35. The molecular formula is C37H33F6NO5. The SMILES string of the molecule is CC/C(=C\c1ccccc1O)CC[C@H]1OC[C@H]2C1=C(COc1ccccc1)C[C@H]1C(=O)N(c3cc(C(F)(F)F)cc(C(F)(F)F)c3)C(=O)[C@H]12.